The molecule has 11 heteroatoms. The average Bonchev–Trinajstić information content (AvgIpc) is 2.94. The first-order valence-corrected chi connectivity index (χ1v) is 12.0. The fraction of sp³-hybridized carbons (Fsp3) is 0.316. The van der Waals surface area contributed by atoms with E-state index in [4.69, 9.17) is 11.6 Å². The van der Waals surface area contributed by atoms with Crippen LogP contribution in [0.4, 0.5) is 10.8 Å². The molecule has 0 atom stereocenters. The summed E-state index contributed by atoms with van der Waals surface area (Å²) >= 11 is 7.58. The van der Waals surface area contributed by atoms with Gasteiger partial charge in [0.15, 0.2) is 5.13 Å². The van der Waals surface area contributed by atoms with Gasteiger partial charge in [0, 0.05) is 42.8 Å². The number of nitro benzene ring substituents is 1. The number of aryl methyl sites for hydroxylation is 1. The minimum absolute atomic E-state index is 0.0529. The van der Waals surface area contributed by atoms with Gasteiger partial charge in [-0.05, 0) is 37.6 Å². The molecule has 2 heterocycles. The molecule has 0 bridgehead atoms. The highest BCUT2D eigenvalue weighted by Crippen LogP contribution is 2.32. The van der Waals surface area contributed by atoms with Crippen molar-refractivity contribution >= 4 is 54.0 Å². The van der Waals surface area contributed by atoms with Crippen molar-refractivity contribution in [3.05, 3.63) is 57.1 Å². The number of rotatable bonds is 4. The minimum Gasteiger partial charge on any atom is -0.347 e. The van der Waals surface area contributed by atoms with Gasteiger partial charge in [-0.3, -0.25) is 10.1 Å². The third kappa shape index (κ3) is 4.00. The van der Waals surface area contributed by atoms with Gasteiger partial charge in [0.1, 0.15) is 0 Å². The molecule has 1 fully saturated rings. The maximum Gasteiger partial charge on any atom is 0.273 e. The van der Waals surface area contributed by atoms with E-state index in [1.807, 2.05) is 12.1 Å². The van der Waals surface area contributed by atoms with Crippen LogP contribution in [0.1, 0.15) is 12.0 Å². The van der Waals surface area contributed by atoms with Crippen molar-refractivity contribution in [1.29, 1.82) is 0 Å². The van der Waals surface area contributed by atoms with Crippen molar-refractivity contribution in [2.24, 2.45) is 0 Å². The number of hydrogen-bond donors (Lipinski definition) is 0. The summed E-state index contributed by atoms with van der Waals surface area (Å²) in [4.78, 5) is 17.3. The number of halogens is 1. The molecule has 0 aliphatic carbocycles. The molecule has 0 spiro atoms. The van der Waals surface area contributed by atoms with Crippen LogP contribution in [0.15, 0.2) is 41.3 Å². The largest absolute Gasteiger partial charge is 0.347 e. The summed E-state index contributed by atoms with van der Waals surface area (Å²) in [5.41, 5.74) is 1.10. The van der Waals surface area contributed by atoms with Crippen LogP contribution in [-0.2, 0) is 10.0 Å². The van der Waals surface area contributed by atoms with Gasteiger partial charge in [-0.1, -0.05) is 29.0 Å². The fourth-order valence-corrected chi connectivity index (χ4v) is 6.23. The van der Waals surface area contributed by atoms with Crippen LogP contribution in [0.25, 0.3) is 10.2 Å². The second-order valence-corrected chi connectivity index (χ2v) is 10.4. The highest BCUT2D eigenvalue weighted by molar-refractivity contribution is 7.89. The summed E-state index contributed by atoms with van der Waals surface area (Å²) in [6.45, 7) is 3.37. The van der Waals surface area contributed by atoms with E-state index in [1.54, 1.807) is 13.0 Å². The number of nitrogens with zero attached hydrogens (tertiary/aromatic N) is 4. The molecule has 0 unspecified atom stereocenters. The number of aromatic nitrogens is 1. The highest BCUT2D eigenvalue weighted by atomic mass is 35.5. The van der Waals surface area contributed by atoms with E-state index in [9.17, 15) is 18.5 Å². The normalized spacial score (nSPS) is 16.0. The van der Waals surface area contributed by atoms with E-state index in [2.05, 4.69) is 9.88 Å². The molecular weight excluding hydrogens is 448 g/mol. The molecule has 3 aromatic rings. The van der Waals surface area contributed by atoms with Gasteiger partial charge < -0.3 is 4.90 Å². The number of nitro groups is 1. The third-order valence-electron chi connectivity index (χ3n) is 5.08. The Hall–Kier alpha value is -2.27. The molecule has 30 heavy (non-hydrogen) atoms. The standard InChI is InChI=1S/C19H19ClN4O4S2/c1-13-3-5-15(12-17(13)24(25)26)30(27,28)23-8-2-7-22(9-10-23)19-21-16-6-4-14(20)11-18(16)29-19/h3-6,11-12H,2,7-10H2,1H3. The Morgan fingerprint density at radius 2 is 1.93 bits per heavy atom. The topological polar surface area (TPSA) is 96.7 Å². The van der Waals surface area contributed by atoms with Crippen LogP contribution in [0.5, 0.6) is 0 Å². The van der Waals surface area contributed by atoms with Gasteiger partial charge in [-0.2, -0.15) is 4.31 Å². The monoisotopic (exact) mass is 466 g/mol. The molecule has 158 valence electrons. The molecule has 0 saturated carbocycles. The number of thiazole rings is 1. The number of sulfonamides is 1. The smallest absolute Gasteiger partial charge is 0.273 e. The van der Waals surface area contributed by atoms with E-state index in [0.29, 0.717) is 36.6 Å². The quantitative estimate of drug-likeness (QED) is 0.424. The summed E-state index contributed by atoms with van der Waals surface area (Å²) in [7, 11) is -3.83. The Balaban J connectivity index is 1.56. The van der Waals surface area contributed by atoms with E-state index < -0.39 is 14.9 Å². The van der Waals surface area contributed by atoms with Gasteiger partial charge in [0.25, 0.3) is 5.69 Å². The van der Waals surface area contributed by atoms with E-state index >= 15 is 0 Å². The molecule has 2 aromatic carbocycles. The summed E-state index contributed by atoms with van der Waals surface area (Å²) in [5.74, 6) is 0. The van der Waals surface area contributed by atoms with E-state index in [0.717, 1.165) is 21.4 Å². The van der Waals surface area contributed by atoms with Crippen LogP contribution in [0, 0.1) is 17.0 Å². The SMILES string of the molecule is Cc1ccc(S(=O)(=O)N2CCCN(c3nc4ccc(Cl)cc4s3)CC2)cc1[N+](=O)[O-]. The second kappa shape index (κ2) is 8.10. The molecule has 0 N–H and O–H groups in total. The molecule has 4 rings (SSSR count). The summed E-state index contributed by atoms with van der Waals surface area (Å²) in [5, 5.41) is 12.7. The lowest BCUT2D eigenvalue weighted by molar-refractivity contribution is -0.385. The summed E-state index contributed by atoms with van der Waals surface area (Å²) in [6, 6.07) is 9.59. The zero-order chi connectivity index (χ0) is 21.5. The number of fused-ring (bicyclic) bond motifs is 1. The number of anilines is 1. The van der Waals surface area contributed by atoms with Gasteiger partial charge in [-0.25, -0.2) is 13.4 Å². The van der Waals surface area contributed by atoms with Crippen molar-refractivity contribution in [3.63, 3.8) is 0 Å². The van der Waals surface area contributed by atoms with Crippen LogP contribution in [0.3, 0.4) is 0 Å². The maximum absolute atomic E-state index is 13.1. The van der Waals surface area contributed by atoms with E-state index in [1.165, 1.54) is 27.8 Å². The van der Waals surface area contributed by atoms with Crippen LogP contribution in [-0.4, -0.2) is 48.8 Å². The molecule has 8 nitrogen and oxygen atoms in total. The molecule has 0 amide bonds. The Kier molecular flexibility index (Phi) is 5.67. The molecule has 1 aliphatic rings. The van der Waals surface area contributed by atoms with Gasteiger partial charge in [-0.15, -0.1) is 0 Å². The first kappa shape index (κ1) is 21.0. The van der Waals surface area contributed by atoms with Crippen molar-refractivity contribution in [1.82, 2.24) is 9.29 Å². The lowest BCUT2D eigenvalue weighted by atomic mass is 10.2. The van der Waals surface area contributed by atoms with E-state index in [-0.39, 0.29) is 17.1 Å². The van der Waals surface area contributed by atoms with Crippen molar-refractivity contribution in [2.45, 2.75) is 18.2 Å². The van der Waals surface area contributed by atoms with Crippen molar-refractivity contribution in [3.8, 4) is 0 Å². The lowest BCUT2D eigenvalue weighted by Gasteiger charge is -2.21. The number of benzene rings is 2. The lowest BCUT2D eigenvalue weighted by Crippen LogP contribution is -2.35. The number of hydrogen-bond acceptors (Lipinski definition) is 7. The Morgan fingerprint density at radius 3 is 2.70 bits per heavy atom. The Labute approximate surface area is 182 Å². The predicted octanol–water partition coefficient (Wildman–Crippen LogP) is 4.07. The van der Waals surface area contributed by atoms with Crippen LogP contribution >= 0.6 is 22.9 Å². The van der Waals surface area contributed by atoms with Gasteiger partial charge >= 0.3 is 0 Å². The molecular formula is C19H19ClN4O4S2. The summed E-state index contributed by atoms with van der Waals surface area (Å²) < 4.78 is 28.6. The third-order valence-corrected chi connectivity index (χ3v) is 8.29. The zero-order valence-corrected chi connectivity index (χ0v) is 18.5. The average molecular weight is 467 g/mol. The predicted molar refractivity (Wildman–Crippen MR) is 118 cm³/mol. The highest BCUT2D eigenvalue weighted by Gasteiger charge is 2.29. The fourth-order valence-electron chi connectivity index (χ4n) is 3.44. The first-order valence-electron chi connectivity index (χ1n) is 9.32. The van der Waals surface area contributed by atoms with Crippen LogP contribution in [0.2, 0.25) is 5.02 Å². The molecule has 1 aromatic heterocycles. The molecule has 1 aliphatic heterocycles. The first-order chi connectivity index (χ1) is 14.3. The summed E-state index contributed by atoms with van der Waals surface area (Å²) in [6.07, 6.45) is 0.629. The van der Waals surface area contributed by atoms with Crippen molar-refractivity contribution < 1.29 is 13.3 Å². The van der Waals surface area contributed by atoms with Crippen molar-refractivity contribution in [2.75, 3.05) is 31.1 Å². The maximum atomic E-state index is 13.1. The minimum atomic E-state index is -3.83. The van der Waals surface area contributed by atoms with Gasteiger partial charge in [0.05, 0.1) is 20.0 Å². The zero-order valence-electron chi connectivity index (χ0n) is 16.1. The molecule has 0 radical (unpaired) electrons. The van der Waals surface area contributed by atoms with Gasteiger partial charge in [0.2, 0.25) is 10.0 Å². The Morgan fingerprint density at radius 1 is 1.13 bits per heavy atom. The second-order valence-electron chi connectivity index (χ2n) is 7.06. The molecule has 1 saturated heterocycles. The Bertz CT molecular complexity index is 1230. The van der Waals surface area contributed by atoms with Crippen LogP contribution < -0.4 is 4.90 Å².